The molecule has 6 nitrogen and oxygen atoms in total. The molecule has 6 heteroatoms. The summed E-state index contributed by atoms with van der Waals surface area (Å²) in [5.74, 6) is 2.08. The minimum Gasteiger partial charge on any atom is -0.487 e. The summed E-state index contributed by atoms with van der Waals surface area (Å²) in [5, 5.41) is 0. The van der Waals surface area contributed by atoms with Crippen molar-refractivity contribution in [3.8, 4) is 5.75 Å². The van der Waals surface area contributed by atoms with Crippen LogP contribution in [-0.2, 0) is 19.6 Å². The molecule has 0 saturated heterocycles. The minimum atomic E-state index is 0.359. The average Bonchev–Trinajstić information content (AvgIpc) is 3.48. The van der Waals surface area contributed by atoms with E-state index in [1.54, 1.807) is 24.8 Å². The number of benzene rings is 1. The highest BCUT2D eigenvalue weighted by molar-refractivity contribution is 5.62. The van der Waals surface area contributed by atoms with Gasteiger partial charge in [-0.3, -0.25) is 0 Å². The number of rotatable bonds is 9. The lowest BCUT2D eigenvalue weighted by molar-refractivity contribution is 0.301. The van der Waals surface area contributed by atoms with Crippen LogP contribution in [0.15, 0.2) is 76.5 Å². The quantitative estimate of drug-likeness (QED) is 0.418. The minimum absolute atomic E-state index is 0.359. The first-order valence-electron chi connectivity index (χ1n) is 9.19. The van der Waals surface area contributed by atoms with E-state index in [0.29, 0.717) is 12.5 Å². The molecule has 142 valence electrons. The topological polar surface area (TPSA) is 66.2 Å². The summed E-state index contributed by atoms with van der Waals surface area (Å²) in [6.07, 6.45) is 14.5. The van der Waals surface area contributed by atoms with Crippen LogP contribution in [0.1, 0.15) is 29.3 Å². The third-order valence-corrected chi connectivity index (χ3v) is 4.25. The van der Waals surface area contributed by atoms with E-state index in [1.165, 1.54) is 5.56 Å². The van der Waals surface area contributed by atoms with Crippen LogP contribution >= 0.6 is 0 Å². The average molecular weight is 375 g/mol. The predicted octanol–water partition coefficient (Wildman–Crippen LogP) is 4.85. The number of oxazole rings is 1. The molecule has 0 saturated carbocycles. The van der Waals surface area contributed by atoms with E-state index in [2.05, 4.69) is 26.7 Å². The van der Waals surface area contributed by atoms with Crippen molar-refractivity contribution in [1.82, 2.24) is 14.5 Å². The van der Waals surface area contributed by atoms with Gasteiger partial charge in [0.15, 0.2) is 0 Å². The molecule has 0 fully saturated rings. The van der Waals surface area contributed by atoms with Crippen LogP contribution in [0, 0.1) is 0 Å². The lowest BCUT2D eigenvalue weighted by Crippen LogP contribution is -1.98. The van der Waals surface area contributed by atoms with Crippen molar-refractivity contribution in [1.29, 1.82) is 0 Å². The van der Waals surface area contributed by atoms with E-state index in [-0.39, 0.29) is 0 Å². The van der Waals surface area contributed by atoms with E-state index in [4.69, 9.17) is 13.6 Å². The van der Waals surface area contributed by atoms with Crippen LogP contribution in [0.5, 0.6) is 5.75 Å². The number of hydrogen-bond acceptors (Lipinski definition) is 5. The Kier molecular flexibility index (Phi) is 5.68. The zero-order chi connectivity index (χ0) is 19.0. The Morgan fingerprint density at radius 3 is 2.79 bits per heavy atom. The van der Waals surface area contributed by atoms with Crippen LogP contribution in [0.2, 0.25) is 0 Å². The summed E-state index contributed by atoms with van der Waals surface area (Å²) in [6, 6.07) is 11.9. The SMILES string of the molecule is C(=C\c1nc(COc2ccc(CCCn3ccnc3)cc2)co1)/c1ccco1. The maximum atomic E-state index is 5.80. The molecule has 0 amide bonds. The third kappa shape index (κ3) is 5.01. The van der Waals surface area contributed by atoms with Gasteiger partial charge in [-0.1, -0.05) is 12.1 Å². The first-order valence-corrected chi connectivity index (χ1v) is 9.19. The molecule has 3 heterocycles. The van der Waals surface area contributed by atoms with Crippen molar-refractivity contribution >= 4 is 12.2 Å². The zero-order valence-electron chi connectivity index (χ0n) is 15.4. The number of imidazole rings is 1. The second-order valence-electron chi connectivity index (χ2n) is 6.36. The third-order valence-electron chi connectivity index (χ3n) is 4.25. The zero-order valence-corrected chi connectivity index (χ0v) is 15.4. The summed E-state index contributed by atoms with van der Waals surface area (Å²) in [4.78, 5) is 8.43. The predicted molar refractivity (Wildman–Crippen MR) is 105 cm³/mol. The maximum absolute atomic E-state index is 5.80. The number of hydrogen-bond donors (Lipinski definition) is 0. The van der Waals surface area contributed by atoms with Crippen LogP contribution in [-0.4, -0.2) is 14.5 Å². The van der Waals surface area contributed by atoms with Gasteiger partial charge in [-0.2, -0.15) is 0 Å². The van der Waals surface area contributed by atoms with Crippen molar-refractivity contribution in [2.45, 2.75) is 26.0 Å². The Labute approximate surface area is 163 Å². The van der Waals surface area contributed by atoms with Crippen LogP contribution in [0.3, 0.4) is 0 Å². The lowest BCUT2D eigenvalue weighted by Gasteiger charge is -2.06. The summed E-state index contributed by atoms with van der Waals surface area (Å²) < 4.78 is 18.5. The molecule has 28 heavy (non-hydrogen) atoms. The molecule has 0 aliphatic heterocycles. The van der Waals surface area contributed by atoms with Gasteiger partial charge in [-0.15, -0.1) is 0 Å². The van der Waals surface area contributed by atoms with Gasteiger partial charge < -0.3 is 18.1 Å². The van der Waals surface area contributed by atoms with Crippen molar-refractivity contribution in [2.24, 2.45) is 0 Å². The molecular formula is C22H21N3O3. The summed E-state index contributed by atoms with van der Waals surface area (Å²) in [6.45, 7) is 1.33. The molecule has 4 rings (SSSR count). The Morgan fingerprint density at radius 2 is 2.00 bits per heavy atom. The summed E-state index contributed by atoms with van der Waals surface area (Å²) in [5.41, 5.74) is 2.03. The first kappa shape index (κ1) is 17.9. The summed E-state index contributed by atoms with van der Waals surface area (Å²) in [7, 11) is 0. The molecule has 0 unspecified atom stereocenters. The smallest absolute Gasteiger partial charge is 0.219 e. The Balaban J connectivity index is 1.23. The highest BCUT2D eigenvalue weighted by Gasteiger charge is 2.03. The Bertz CT molecular complexity index is 984. The van der Waals surface area contributed by atoms with E-state index >= 15 is 0 Å². The van der Waals surface area contributed by atoms with Crippen LogP contribution < -0.4 is 4.74 Å². The van der Waals surface area contributed by atoms with E-state index in [1.807, 2.05) is 42.9 Å². The van der Waals surface area contributed by atoms with Gasteiger partial charge >= 0.3 is 0 Å². The first-order chi connectivity index (χ1) is 13.8. The van der Waals surface area contributed by atoms with E-state index in [9.17, 15) is 0 Å². The molecule has 0 radical (unpaired) electrons. The second kappa shape index (κ2) is 8.90. The van der Waals surface area contributed by atoms with Gasteiger partial charge in [-0.25, -0.2) is 9.97 Å². The molecule has 0 aliphatic carbocycles. The Morgan fingerprint density at radius 1 is 1.07 bits per heavy atom. The highest BCUT2D eigenvalue weighted by atomic mass is 16.5. The lowest BCUT2D eigenvalue weighted by atomic mass is 10.1. The Hall–Kier alpha value is -3.54. The fourth-order valence-corrected chi connectivity index (χ4v) is 2.80. The maximum Gasteiger partial charge on any atom is 0.219 e. The van der Waals surface area contributed by atoms with Crippen LogP contribution in [0.25, 0.3) is 12.2 Å². The molecule has 0 bridgehead atoms. The molecular weight excluding hydrogens is 354 g/mol. The van der Waals surface area contributed by atoms with Crippen molar-refractivity contribution < 1.29 is 13.6 Å². The molecule has 0 atom stereocenters. The number of aryl methyl sites for hydroxylation is 2. The fourth-order valence-electron chi connectivity index (χ4n) is 2.80. The largest absolute Gasteiger partial charge is 0.487 e. The van der Waals surface area contributed by atoms with Crippen LogP contribution in [0.4, 0.5) is 0 Å². The molecule has 3 aromatic heterocycles. The van der Waals surface area contributed by atoms with Gasteiger partial charge in [0.25, 0.3) is 0 Å². The number of furan rings is 1. The van der Waals surface area contributed by atoms with Crippen molar-refractivity contribution in [3.05, 3.63) is 90.6 Å². The van der Waals surface area contributed by atoms with Gasteiger partial charge in [-0.05, 0) is 48.7 Å². The van der Waals surface area contributed by atoms with Gasteiger partial charge in [0.2, 0.25) is 5.89 Å². The standard InChI is InChI=1S/C22H21N3O3/c1(12-25-13-11-23-17-25)3-18-5-7-21(8-6-18)27-15-19-16-28-22(24-19)10-9-20-4-2-14-26-20/h2,4-11,13-14,16-17H,1,3,12,15H2/b10-9+. The summed E-state index contributed by atoms with van der Waals surface area (Å²) >= 11 is 0. The number of ether oxygens (including phenoxy) is 1. The normalized spacial score (nSPS) is 11.3. The van der Waals surface area contributed by atoms with E-state index in [0.717, 1.165) is 36.6 Å². The molecule has 1 aromatic carbocycles. The highest BCUT2D eigenvalue weighted by Crippen LogP contribution is 2.16. The molecule has 4 aromatic rings. The van der Waals surface area contributed by atoms with Gasteiger partial charge in [0.1, 0.15) is 30.1 Å². The fraction of sp³-hybridized carbons (Fsp3) is 0.182. The molecule has 0 aliphatic rings. The molecule has 0 spiro atoms. The second-order valence-corrected chi connectivity index (χ2v) is 6.36. The van der Waals surface area contributed by atoms with Crippen molar-refractivity contribution in [2.75, 3.05) is 0 Å². The van der Waals surface area contributed by atoms with Crippen molar-refractivity contribution in [3.63, 3.8) is 0 Å². The van der Waals surface area contributed by atoms with E-state index < -0.39 is 0 Å². The monoisotopic (exact) mass is 375 g/mol. The number of aromatic nitrogens is 3. The van der Waals surface area contributed by atoms with Gasteiger partial charge in [0, 0.05) is 25.0 Å². The van der Waals surface area contributed by atoms with Gasteiger partial charge in [0.05, 0.1) is 12.6 Å². The number of nitrogens with zero attached hydrogens (tertiary/aromatic N) is 3. The molecule has 0 N–H and O–H groups in total.